The van der Waals surface area contributed by atoms with Crippen LogP contribution in [-0.2, 0) is 9.59 Å². The Hall–Kier alpha value is -2.82. The van der Waals surface area contributed by atoms with Crippen molar-refractivity contribution in [1.29, 1.82) is 0 Å². The minimum atomic E-state index is -0.312. The Morgan fingerprint density at radius 2 is 1.88 bits per heavy atom. The molecule has 1 heterocycles. The van der Waals surface area contributed by atoms with Gasteiger partial charge in [-0.3, -0.25) is 9.59 Å². The van der Waals surface area contributed by atoms with E-state index in [1.807, 2.05) is 42.5 Å². The van der Waals surface area contributed by atoms with Gasteiger partial charge < -0.3 is 15.0 Å². The summed E-state index contributed by atoms with van der Waals surface area (Å²) in [7, 11) is 1.60. The average Bonchev–Trinajstić information content (AvgIpc) is 3.08. The zero-order valence-electron chi connectivity index (χ0n) is 15.1. The highest BCUT2D eigenvalue weighted by Gasteiger charge is 2.35. The fraction of sp³-hybridized carbons (Fsp3) is 0.333. The molecular weight excluding hydrogens is 328 g/mol. The van der Waals surface area contributed by atoms with Crippen LogP contribution in [0.2, 0.25) is 0 Å². The number of amides is 2. The minimum Gasteiger partial charge on any atom is -0.497 e. The van der Waals surface area contributed by atoms with Crippen LogP contribution >= 0.6 is 0 Å². The Labute approximate surface area is 154 Å². The highest BCUT2D eigenvalue weighted by molar-refractivity contribution is 6.00. The number of nitrogens with one attached hydrogen (secondary N) is 1. The Balaban J connectivity index is 1.56. The average molecular weight is 352 g/mol. The van der Waals surface area contributed by atoms with Crippen molar-refractivity contribution in [2.75, 3.05) is 25.1 Å². The molecule has 1 N–H and O–H groups in total. The van der Waals surface area contributed by atoms with E-state index >= 15 is 0 Å². The first-order valence-corrected chi connectivity index (χ1v) is 8.85. The predicted molar refractivity (Wildman–Crippen MR) is 101 cm³/mol. The van der Waals surface area contributed by atoms with E-state index in [-0.39, 0.29) is 30.1 Å². The fourth-order valence-electron chi connectivity index (χ4n) is 3.19. The molecule has 1 aliphatic heterocycles. The van der Waals surface area contributed by atoms with Gasteiger partial charge in [0.25, 0.3) is 0 Å². The van der Waals surface area contributed by atoms with Crippen LogP contribution in [0.3, 0.4) is 0 Å². The molecule has 0 unspecified atom stereocenters. The predicted octanol–water partition coefficient (Wildman–Crippen LogP) is 2.97. The normalized spacial score (nSPS) is 17.8. The Morgan fingerprint density at radius 3 is 2.54 bits per heavy atom. The lowest BCUT2D eigenvalue weighted by Gasteiger charge is -2.18. The molecule has 0 aromatic heterocycles. The number of carbonyl (C=O) groups excluding carboxylic acids is 2. The van der Waals surface area contributed by atoms with Crippen molar-refractivity contribution in [1.82, 2.24) is 5.32 Å². The Bertz CT molecular complexity index is 759. The molecule has 1 aliphatic rings. The second-order valence-corrected chi connectivity index (χ2v) is 6.66. The van der Waals surface area contributed by atoms with Crippen molar-refractivity contribution < 1.29 is 14.3 Å². The highest BCUT2D eigenvalue weighted by Crippen LogP contribution is 2.27. The number of methoxy groups -OCH3 is 1. The highest BCUT2D eigenvalue weighted by atomic mass is 16.5. The summed E-state index contributed by atoms with van der Waals surface area (Å²) in [6.45, 7) is 3.06. The summed E-state index contributed by atoms with van der Waals surface area (Å²) in [4.78, 5) is 26.5. The van der Waals surface area contributed by atoms with E-state index in [4.69, 9.17) is 4.74 Å². The molecular formula is C21H24N2O3. The first-order chi connectivity index (χ1) is 12.6. The molecule has 26 heavy (non-hydrogen) atoms. The molecule has 0 aliphatic carbocycles. The molecule has 2 aromatic carbocycles. The molecule has 1 fully saturated rings. The van der Waals surface area contributed by atoms with Crippen LogP contribution < -0.4 is 15.0 Å². The van der Waals surface area contributed by atoms with Gasteiger partial charge in [-0.2, -0.15) is 0 Å². The van der Waals surface area contributed by atoms with Gasteiger partial charge >= 0.3 is 0 Å². The number of carbonyl (C=O) groups is 2. The number of rotatable bonds is 6. The molecule has 0 radical (unpaired) electrons. The molecule has 0 bridgehead atoms. The van der Waals surface area contributed by atoms with Crippen molar-refractivity contribution in [2.24, 2.45) is 5.92 Å². The monoisotopic (exact) mass is 352 g/mol. The van der Waals surface area contributed by atoms with E-state index in [0.717, 1.165) is 11.4 Å². The van der Waals surface area contributed by atoms with Crippen LogP contribution in [0.15, 0.2) is 54.6 Å². The van der Waals surface area contributed by atoms with Gasteiger partial charge in [-0.15, -0.1) is 0 Å². The van der Waals surface area contributed by atoms with E-state index in [0.29, 0.717) is 13.1 Å². The first-order valence-electron chi connectivity index (χ1n) is 8.85. The van der Waals surface area contributed by atoms with E-state index in [2.05, 4.69) is 24.4 Å². The van der Waals surface area contributed by atoms with E-state index in [1.54, 1.807) is 12.0 Å². The summed E-state index contributed by atoms with van der Waals surface area (Å²) >= 11 is 0. The third-order valence-electron chi connectivity index (χ3n) is 4.83. The number of anilines is 1. The van der Waals surface area contributed by atoms with Crippen LogP contribution in [0, 0.1) is 5.92 Å². The molecule has 2 amide bonds. The molecule has 2 atom stereocenters. The quantitative estimate of drug-likeness (QED) is 0.869. The maximum atomic E-state index is 12.5. The van der Waals surface area contributed by atoms with Crippen LogP contribution in [0.4, 0.5) is 5.69 Å². The molecule has 5 heteroatoms. The smallest absolute Gasteiger partial charge is 0.227 e. The lowest BCUT2D eigenvalue weighted by Crippen LogP contribution is -2.35. The molecule has 136 valence electrons. The first kappa shape index (κ1) is 18.0. The maximum absolute atomic E-state index is 12.5. The SMILES string of the molecule is COc1ccc(N2C[C@H](C(=O)NC[C@@H](C)c3ccccc3)CC2=O)cc1. The van der Waals surface area contributed by atoms with Crippen molar-refractivity contribution >= 4 is 17.5 Å². The fourth-order valence-corrected chi connectivity index (χ4v) is 3.19. The van der Waals surface area contributed by atoms with Gasteiger partial charge in [-0.05, 0) is 35.7 Å². The molecule has 0 saturated carbocycles. The number of ether oxygens (including phenoxy) is 1. The summed E-state index contributed by atoms with van der Waals surface area (Å²) in [5.74, 6) is 0.579. The molecule has 2 aromatic rings. The maximum Gasteiger partial charge on any atom is 0.227 e. The van der Waals surface area contributed by atoms with Crippen molar-refractivity contribution in [3.8, 4) is 5.75 Å². The summed E-state index contributed by atoms with van der Waals surface area (Å²) in [6, 6.07) is 17.4. The second kappa shape index (κ2) is 8.04. The Kier molecular flexibility index (Phi) is 5.56. The van der Waals surface area contributed by atoms with Gasteiger partial charge in [0.1, 0.15) is 5.75 Å². The van der Waals surface area contributed by atoms with E-state index in [1.165, 1.54) is 5.56 Å². The van der Waals surface area contributed by atoms with Gasteiger partial charge in [0, 0.05) is 25.2 Å². The van der Waals surface area contributed by atoms with Gasteiger partial charge in [0.05, 0.1) is 13.0 Å². The van der Waals surface area contributed by atoms with E-state index in [9.17, 15) is 9.59 Å². The van der Waals surface area contributed by atoms with E-state index < -0.39 is 0 Å². The second-order valence-electron chi connectivity index (χ2n) is 6.66. The van der Waals surface area contributed by atoms with Gasteiger partial charge in [-0.1, -0.05) is 37.3 Å². The van der Waals surface area contributed by atoms with Crippen molar-refractivity contribution in [3.63, 3.8) is 0 Å². The zero-order chi connectivity index (χ0) is 18.5. The molecule has 3 rings (SSSR count). The van der Waals surface area contributed by atoms with Gasteiger partial charge in [0.15, 0.2) is 0 Å². The number of benzene rings is 2. The summed E-state index contributed by atoms with van der Waals surface area (Å²) < 4.78 is 5.14. The van der Waals surface area contributed by atoms with Crippen LogP contribution in [0.25, 0.3) is 0 Å². The third kappa shape index (κ3) is 4.04. The molecule has 0 spiro atoms. The Morgan fingerprint density at radius 1 is 1.19 bits per heavy atom. The lowest BCUT2D eigenvalue weighted by molar-refractivity contribution is -0.126. The van der Waals surface area contributed by atoms with Crippen LogP contribution in [0.5, 0.6) is 5.75 Å². The van der Waals surface area contributed by atoms with Crippen LogP contribution in [-0.4, -0.2) is 32.0 Å². The third-order valence-corrected chi connectivity index (χ3v) is 4.83. The molecule has 5 nitrogen and oxygen atoms in total. The van der Waals surface area contributed by atoms with Crippen molar-refractivity contribution in [3.05, 3.63) is 60.2 Å². The minimum absolute atomic E-state index is 0.0218. The largest absolute Gasteiger partial charge is 0.497 e. The number of hydrogen-bond donors (Lipinski definition) is 1. The number of nitrogens with zero attached hydrogens (tertiary/aromatic N) is 1. The van der Waals surface area contributed by atoms with Gasteiger partial charge in [0.2, 0.25) is 11.8 Å². The van der Waals surface area contributed by atoms with Gasteiger partial charge in [-0.25, -0.2) is 0 Å². The lowest BCUT2D eigenvalue weighted by atomic mass is 10.0. The summed E-state index contributed by atoms with van der Waals surface area (Å²) in [5, 5.41) is 3.00. The standard InChI is InChI=1S/C21H24N2O3/c1-15(16-6-4-3-5-7-16)13-22-21(25)17-12-20(24)23(14-17)18-8-10-19(26-2)11-9-18/h3-11,15,17H,12-14H2,1-2H3,(H,22,25)/t15-,17-/m1/s1. The van der Waals surface area contributed by atoms with Crippen LogP contribution in [0.1, 0.15) is 24.8 Å². The zero-order valence-corrected chi connectivity index (χ0v) is 15.1. The topological polar surface area (TPSA) is 58.6 Å². The summed E-state index contributed by atoms with van der Waals surface area (Å²) in [6.07, 6.45) is 0.248. The summed E-state index contributed by atoms with van der Waals surface area (Å²) in [5.41, 5.74) is 1.99. The molecule has 1 saturated heterocycles. The van der Waals surface area contributed by atoms with Crippen molar-refractivity contribution in [2.45, 2.75) is 19.3 Å². The number of hydrogen-bond acceptors (Lipinski definition) is 3.